The third kappa shape index (κ3) is 5.89. The third-order valence-electron chi connectivity index (χ3n) is 8.98. The zero-order valence-electron chi connectivity index (χ0n) is 22.7. The first-order chi connectivity index (χ1) is 19.6. The lowest BCUT2D eigenvalue weighted by Gasteiger charge is -2.60. The van der Waals surface area contributed by atoms with Crippen LogP contribution in [0, 0.1) is 34.5 Å². The lowest BCUT2D eigenvalue weighted by Crippen LogP contribution is -2.60. The fourth-order valence-corrected chi connectivity index (χ4v) is 7.46. The predicted octanol–water partition coefficient (Wildman–Crippen LogP) is 5.54. The van der Waals surface area contributed by atoms with Gasteiger partial charge in [0.05, 0.1) is 6.20 Å². The highest BCUT2D eigenvalue weighted by atomic mass is 16.5. The van der Waals surface area contributed by atoms with E-state index in [1.165, 1.54) is 12.0 Å². The molecule has 8 nitrogen and oxygen atoms in total. The summed E-state index contributed by atoms with van der Waals surface area (Å²) in [5.74, 6) is 2.71. The smallest absolute Gasteiger partial charge is 0.407 e. The number of nitrogens with zero attached hydrogens (tertiary/aromatic N) is 3. The van der Waals surface area contributed by atoms with Crippen molar-refractivity contribution in [1.82, 2.24) is 15.3 Å². The summed E-state index contributed by atoms with van der Waals surface area (Å²) in [6.07, 6.45) is 7.78. The Morgan fingerprint density at radius 1 is 0.975 bits per heavy atom. The monoisotopic (exact) mass is 536 g/mol. The van der Waals surface area contributed by atoms with Crippen molar-refractivity contribution in [2.75, 3.05) is 23.7 Å². The Kier molecular flexibility index (Phi) is 7.54. The molecule has 40 heavy (non-hydrogen) atoms. The molecule has 1 heterocycles. The van der Waals surface area contributed by atoms with E-state index in [0.29, 0.717) is 41.6 Å². The summed E-state index contributed by atoms with van der Waals surface area (Å²) in [5.41, 5.74) is 2.85. The van der Waals surface area contributed by atoms with Crippen LogP contribution in [0.25, 0.3) is 0 Å². The molecule has 4 aliphatic carbocycles. The molecule has 0 radical (unpaired) electrons. The standard InChI is InChI=1S/C32H36N6O2/c33-18-27-19-35-30(34-12-11-22-7-3-1-4-8-22)38-29(27)36-21-32-15-24-13-25(16-32)28(26(14-24)17-32)37-31(39)40-20-23-9-5-2-6-10-23/h1-10,19,24-26,28H,11-17,20-21H2,(H,37,39)(H2,34,35,36,38)/t24?,25-,26+,28-,32-. The Morgan fingerprint density at radius 3 is 2.38 bits per heavy atom. The van der Waals surface area contributed by atoms with Crippen LogP contribution in [0.2, 0.25) is 0 Å². The normalized spacial score (nSPS) is 26.1. The van der Waals surface area contributed by atoms with Gasteiger partial charge in [-0.15, -0.1) is 0 Å². The van der Waals surface area contributed by atoms with E-state index in [0.717, 1.165) is 44.2 Å². The maximum absolute atomic E-state index is 12.7. The molecule has 1 amide bonds. The van der Waals surface area contributed by atoms with Gasteiger partial charge in [-0.05, 0) is 72.8 Å². The molecule has 3 N–H and O–H groups in total. The van der Waals surface area contributed by atoms with Gasteiger partial charge < -0.3 is 20.7 Å². The average molecular weight is 537 g/mol. The van der Waals surface area contributed by atoms with E-state index >= 15 is 0 Å². The fraction of sp³-hybridized carbons (Fsp3) is 0.438. The van der Waals surface area contributed by atoms with Gasteiger partial charge in [0.1, 0.15) is 24.1 Å². The van der Waals surface area contributed by atoms with E-state index in [9.17, 15) is 10.1 Å². The number of hydrogen-bond donors (Lipinski definition) is 3. The Morgan fingerprint density at radius 2 is 1.68 bits per heavy atom. The second-order valence-electron chi connectivity index (χ2n) is 11.8. The van der Waals surface area contributed by atoms with Gasteiger partial charge in [-0.1, -0.05) is 60.7 Å². The summed E-state index contributed by atoms with van der Waals surface area (Å²) < 4.78 is 5.54. The first kappa shape index (κ1) is 26.1. The highest BCUT2D eigenvalue weighted by molar-refractivity contribution is 5.67. The number of carbonyl (C=O) groups is 1. The minimum Gasteiger partial charge on any atom is -0.445 e. The van der Waals surface area contributed by atoms with Crippen LogP contribution in [-0.4, -0.2) is 35.2 Å². The highest BCUT2D eigenvalue weighted by Crippen LogP contribution is 2.60. The van der Waals surface area contributed by atoms with Gasteiger partial charge in [-0.3, -0.25) is 0 Å². The molecule has 8 heteroatoms. The van der Waals surface area contributed by atoms with Crippen molar-refractivity contribution in [3.8, 4) is 6.07 Å². The second-order valence-corrected chi connectivity index (χ2v) is 11.8. The number of carbonyl (C=O) groups excluding carboxylic acids is 1. The minimum absolute atomic E-state index is 0.154. The number of alkyl carbamates (subject to hydrolysis) is 1. The molecule has 4 aliphatic rings. The average Bonchev–Trinajstić information content (AvgIpc) is 2.98. The molecule has 2 aromatic carbocycles. The molecule has 0 spiro atoms. The predicted molar refractivity (Wildman–Crippen MR) is 153 cm³/mol. The van der Waals surface area contributed by atoms with E-state index in [-0.39, 0.29) is 24.2 Å². The van der Waals surface area contributed by atoms with Crippen molar-refractivity contribution >= 4 is 17.9 Å². The van der Waals surface area contributed by atoms with Gasteiger partial charge in [-0.25, -0.2) is 9.78 Å². The van der Waals surface area contributed by atoms with Crippen LogP contribution in [0.3, 0.4) is 0 Å². The molecule has 1 unspecified atom stereocenters. The highest BCUT2D eigenvalue weighted by Gasteiger charge is 2.55. The topological polar surface area (TPSA) is 112 Å². The summed E-state index contributed by atoms with van der Waals surface area (Å²) in [6.45, 7) is 1.78. The molecule has 7 rings (SSSR count). The lowest BCUT2D eigenvalue weighted by atomic mass is 9.48. The molecule has 4 saturated carbocycles. The number of nitriles is 1. The Hall–Kier alpha value is -4.12. The van der Waals surface area contributed by atoms with Crippen LogP contribution in [-0.2, 0) is 17.8 Å². The minimum atomic E-state index is -0.319. The number of rotatable bonds is 10. The Balaban J connectivity index is 1.05. The van der Waals surface area contributed by atoms with Crippen molar-refractivity contribution in [3.63, 3.8) is 0 Å². The maximum Gasteiger partial charge on any atom is 0.407 e. The molecular formula is C32H36N6O2. The lowest BCUT2D eigenvalue weighted by molar-refractivity contribution is -0.0683. The molecule has 0 aliphatic heterocycles. The Labute approximate surface area is 235 Å². The van der Waals surface area contributed by atoms with Crippen LogP contribution >= 0.6 is 0 Å². The summed E-state index contributed by atoms with van der Waals surface area (Å²) >= 11 is 0. The van der Waals surface area contributed by atoms with E-state index in [2.05, 4.69) is 44.1 Å². The summed E-state index contributed by atoms with van der Waals surface area (Å²) in [5, 5.41) is 19.8. The first-order valence-electron chi connectivity index (χ1n) is 14.4. The molecule has 3 aromatic rings. The third-order valence-corrected chi connectivity index (χ3v) is 8.98. The Bertz CT molecular complexity index is 1340. The SMILES string of the molecule is N#Cc1cnc(NCCc2ccccc2)nc1NC[C@]12CC3C[C@H](C1)[C@@H](NC(=O)OCc1ccccc1)[C@@H](C3)C2. The van der Waals surface area contributed by atoms with Crippen LogP contribution in [0.5, 0.6) is 0 Å². The number of anilines is 2. The van der Waals surface area contributed by atoms with Gasteiger partial charge >= 0.3 is 6.09 Å². The zero-order valence-corrected chi connectivity index (χ0v) is 22.7. The van der Waals surface area contributed by atoms with Crippen LogP contribution < -0.4 is 16.0 Å². The molecule has 206 valence electrons. The van der Waals surface area contributed by atoms with E-state index in [1.54, 1.807) is 6.20 Å². The number of aromatic nitrogens is 2. The van der Waals surface area contributed by atoms with Crippen molar-refractivity contribution in [1.29, 1.82) is 5.26 Å². The van der Waals surface area contributed by atoms with Gasteiger partial charge in [0.2, 0.25) is 5.95 Å². The van der Waals surface area contributed by atoms with Crippen molar-refractivity contribution in [2.24, 2.45) is 23.2 Å². The van der Waals surface area contributed by atoms with E-state index < -0.39 is 0 Å². The molecule has 4 fully saturated rings. The first-order valence-corrected chi connectivity index (χ1v) is 14.4. The van der Waals surface area contributed by atoms with Crippen molar-refractivity contribution in [2.45, 2.75) is 51.2 Å². The summed E-state index contributed by atoms with van der Waals surface area (Å²) in [6, 6.07) is 22.5. The molecule has 4 bridgehead atoms. The van der Waals surface area contributed by atoms with Gasteiger partial charge in [0.25, 0.3) is 0 Å². The van der Waals surface area contributed by atoms with Gasteiger partial charge in [0, 0.05) is 19.1 Å². The van der Waals surface area contributed by atoms with E-state index in [4.69, 9.17) is 4.74 Å². The number of nitrogens with one attached hydrogen (secondary N) is 3. The van der Waals surface area contributed by atoms with Crippen LogP contribution in [0.4, 0.5) is 16.6 Å². The van der Waals surface area contributed by atoms with Crippen molar-refractivity contribution < 1.29 is 9.53 Å². The van der Waals surface area contributed by atoms with Crippen LogP contribution in [0.15, 0.2) is 66.9 Å². The quantitative estimate of drug-likeness (QED) is 0.312. The second kappa shape index (κ2) is 11.5. The molecule has 0 saturated heterocycles. The summed E-state index contributed by atoms with van der Waals surface area (Å²) in [4.78, 5) is 21.7. The van der Waals surface area contributed by atoms with Gasteiger partial charge in [-0.2, -0.15) is 10.2 Å². The maximum atomic E-state index is 12.7. The summed E-state index contributed by atoms with van der Waals surface area (Å²) in [7, 11) is 0. The zero-order chi connectivity index (χ0) is 27.4. The van der Waals surface area contributed by atoms with Gasteiger partial charge in [0.15, 0.2) is 0 Å². The van der Waals surface area contributed by atoms with E-state index in [1.807, 2.05) is 48.5 Å². The fourth-order valence-electron chi connectivity index (χ4n) is 7.46. The molecule has 5 atom stereocenters. The molecular weight excluding hydrogens is 500 g/mol. The largest absolute Gasteiger partial charge is 0.445 e. The number of amides is 1. The number of hydrogen-bond acceptors (Lipinski definition) is 7. The van der Waals surface area contributed by atoms with Crippen molar-refractivity contribution in [3.05, 3.63) is 83.6 Å². The molecule has 1 aromatic heterocycles. The number of benzene rings is 2. The van der Waals surface area contributed by atoms with Crippen LogP contribution in [0.1, 0.15) is 48.8 Å². The number of ether oxygens (including phenoxy) is 1.